The number of rotatable bonds is 4. The van der Waals surface area contributed by atoms with Crippen LogP contribution in [0, 0.1) is 12.8 Å². The van der Waals surface area contributed by atoms with Crippen LogP contribution in [0.4, 0.5) is 5.82 Å². The molecular weight excluding hydrogens is 318 g/mol. The van der Waals surface area contributed by atoms with Crippen molar-refractivity contribution in [2.24, 2.45) is 5.92 Å². The minimum Gasteiger partial charge on any atom is -0.309 e. The van der Waals surface area contributed by atoms with Gasteiger partial charge in [-0.15, -0.1) is 0 Å². The number of carbonyl (C=O) groups excluding carboxylic acids is 3. The number of aromatic nitrogens is 1. The molecule has 0 aliphatic carbocycles. The highest BCUT2D eigenvalue weighted by Gasteiger charge is 2.43. The number of fused-ring (bicyclic) bond motifs is 1. The summed E-state index contributed by atoms with van der Waals surface area (Å²) in [6.07, 6.45) is 1.59. The Kier molecular flexibility index (Phi) is 4.35. The molecule has 128 valence electrons. The number of nitrogens with one attached hydrogen (secondary N) is 1. The number of benzene rings is 1. The second kappa shape index (κ2) is 6.47. The van der Waals surface area contributed by atoms with Gasteiger partial charge in [0.25, 0.3) is 11.8 Å². The van der Waals surface area contributed by atoms with Crippen molar-refractivity contribution in [3.05, 3.63) is 59.3 Å². The fraction of sp³-hybridized carbons (Fsp3) is 0.263. The number of pyridine rings is 1. The van der Waals surface area contributed by atoms with Crippen molar-refractivity contribution in [2.75, 3.05) is 5.32 Å². The number of anilines is 1. The first-order chi connectivity index (χ1) is 11.9. The topological polar surface area (TPSA) is 79.4 Å². The first kappa shape index (κ1) is 16.8. The van der Waals surface area contributed by atoms with Crippen molar-refractivity contribution in [1.29, 1.82) is 0 Å². The van der Waals surface area contributed by atoms with E-state index in [4.69, 9.17) is 0 Å². The Morgan fingerprint density at radius 3 is 2.20 bits per heavy atom. The van der Waals surface area contributed by atoms with Crippen LogP contribution in [-0.4, -0.2) is 33.6 Å². The van der Waals surface area contributed by atoms with Gasteiger partial charge in [-0.1, -0.05) is 26.0 Å². The van der Waals surface area contributed by atoms with Crippen LogP contribution >= 0.6 is 0 Å². The molecule has 0 fully saturated rings. The van der Waals surface area contributed by atoms with Crippen molar-refractivity contribution in [1.82, 2.24) is 9.88 Å². The maximum atomic E-state index is 12.8. The predicted octanol–water partition coefficient (Wildman–Crippen LogP) is 2.65. The third-order valence-electron chi connectivity index (χ3n) is 4.17. The molecule has 25 heavy (non-hydrogen) atoms. The number of nitrogens with zero attached hydrogens (tertiary/aromatic N) is 2. The van der Waals surface area contributed by atoms with Gasteiger partial charge in [-0.25, -0.2) is 4.98 Å². The zero-order valence-electron chi connectivity index (χ0n) is 14.3. The molecule has 0 spiro atoms. The molecular formula is C19H19N3O3. The third kappa shape index (κ3) is 3.03. The van der Waals surface area contributed by atoms with Gasteiger partial charge in [-0.05, 0) is 42.7 Å². The zero-order valence-corrected chi connectivity index (χ0v) is 14.3. The number of imide groups is 1. The van der Waals surface area contributed by atoms with E-state index >= 15 is 0 Å². The van der Waals surface area contributed by atoms with Gasteiger partial charge in [0.1, 0.15) is 11.9 Å². The lowest BCUT2D eigenvalue weighted by atomic mass is 10.0. The standard InChI is InChI=1S/C19H19N3O3/c1-11(2)16(17(23)21-15-10-12(3)8-9-20-15)22-18(24)13-6-4-5-7-14(13)19(22)25/h4-11,16H,1-3H3,(H,20,21,23). The SMILES string of the molecule is Cc1ccnc(NC(=O)C(C(C)C)N2C(=O)c3ccccc3C2=O)c1. The minimum atomic E-state index is -0.908. The molecule has 0 radical (unpaired) electrons. The summed E-state index contributed by atoms with van der Waals surface area (Å²) in [6.45, 7) is 5.50. The fourth-order valence-electron chi connectivity index (χ4n) is 2.98. The molecule has 1 atom stereocenters. The molecule has 1 aliphatic rings. The van der Waals surface area contributed by atoms with E-state index in [1.165, 1.54) is 0 Å². The second-order valence-electron chi connectivity index (χ2n) is 6.42. The molecule has 2 aromatic rings. The summed E-state index contributed by atoms with van der Waals surface area (Å²) in [5.41, 5.74) is 1.62. The van der Waals surface area contributed by atoms with E-state index in [1.807, 2.05) is 13.0 Å². The lowest BCUT2D eigenvalue weighted by Crippen LogP contribution is -2.50. The second-order valence-corrected chi connectivity index (χ2v) is 6.42. The maximum absolute atomic E-state index is 12.8. The van der Waals surface area contributed by atoms with Crippen LogP contribution < -0.4 is 5.32 Å². The Balaban J connectivity index is 1.91. The van der Waals surface area contributed by atoms with E-state index in [9.17, 15) is 14.4 Å². The first-order valence-corrected chi connectivity index (χ1v) is 8.10. The Bertz CT molecular complexity index is 825. The fourth-order valence-corrected chi connectivity index (χ4v) is 2.98. The highest BCUT2D eigenvalue weighted by atomic mass is 16.2. The molecule has 6 nitrogen and oxygen atoms in total. The average Bonchev–Trinajstić information content (AvgIpc) is 2.80. The van der Waals surface area contributed by atoms with Crippen LogP contribution in [0.5, 0.6) is 0 Å². The van der Waals surface area contributed by atoms with Gasteiger partial charge < -0.3 is 5.32 Å². The monoisotopic (exact) mass is 337 g/mol. The van der Waals surface area contributed by atoms with E-state index in [0.717, 1.165) is 10.5 Å². The molecule has 3 amide bonds. The predicted molar refractivity (Wildman–Crippen MR) is 93.2 cm³/mol. The number of hydrogen-bond acceptors (Lipinski definition) is 4. The van der Waals surface area contributed by atoms with Crippen LogP contribution in [0.2, 0.25) is 0 Å². The summed E-state index contributed by atoms with van der Waals surface area (Å²) in [7, 11) is 0. The summed E-state index contributed by atoms with van der Waals surface area (Å²) in [4.78, 5) is 43.3. The molecule has 0 saturated heterocycles. The largest absolute Gasteiger partial charge is 0.309 e. The van der Waals surface area contributed by atoms with Crippen LogP contribution in [0.25, 0.3) is 0 Å². The van der Waals surface area contributed by atoms with Gasteiger partial charge in [0.05, 0.1) is 11.1 Å². The molecule has 1 aromatic heterocycles. The molecule has 1 unspecified atom stereocenters. The van der Waals surface area contributed by atoms with Gasteiger partial charge in [-0.3, -0.25) is 19.3 Å². The van der Waals surface area contributed by atoms with Gasteiger partial charge in [0.15, 0.2) is 0 Å². The quantitative estimate of drug-likeness (QED) is 0.870. The Morgan fingerprint density at radius 1 is 1.08 bits per heavy atom. The minimum absolute atomic E-state index is 0.243. The number of hydrogen-bond donors (Lipinski definition) is 1. The highest BCUT2D eigenvalue weighted by Crippen LogP contribution is 2.27. The van der Waals surface area contributed by atoms with Crippen LogP contribution in [0.1, 0.15) is 40.1 Å². The molecule has 1 aromatic carbocycles. The maximum Gasteiger partial charge on any atom is 0.262 e. The van der Waals surface area contributed by atoms with Crippen molar-refractivity contribution in [3.63, 3.8) is 0 Å². The molecule has 6 heteroatoms. The molecule has 3 rings (SSSR count). The zero-order chi connectivity index (χ0) is 18.1. The van der Waals surface area contributed by atoms with Crippen molar-refractivity contribution < 1.29 is 14.4 Å². The van der Waals surface area contributed by atoms with Crippen LogP contribution in [0.15, 0.2) is 42.6 Å². The highest BCUT2D eigenvalue weighted by molar-refractivity contribution is 6.23. The molecule has 0 bridgehead atoms. The van der Waals surface area contributed by atoms with Gasteiger partial charge in [-0.2, -0.15) is 0 Å². The Hall–Kier alpha value is -3.02. The first-order valence-electron chi connectivity index (χ1n) is 8.10. The summed E-state index contributed by atoms with van der Waals surface area (Å²) in [6, 6.07) is 9.26. The van der Waals surface area contributed by atoms with Crippen molar-refractivity contribution in [2.45, 2.75) is 26.8 Å². The summed E-state index contributed by atoms with van der Waals surface area (Å²) >= 11 is 0. The molecule has 0 saturated carbocycles. The van der Waals surface area contributed by atoms with E-state index in [2.05, 4.69) is 10.3 Å². The van der Waals surface area contributed by atoms with Crippen molar-refractivity contribution in [3.8, 4) is 0 Å². The lowest BCUT2D eigenvalue weighted by Gasteiger charge is -2.28. The van der Waals surface area contributed by atoms with E-state index < -0.39 is 23.8 Å². The summed E-state index contributed by atoms with van der Waals surface area (Å²) < 4.78 is 0. The number of amides is 3. The molecule has 1 aliphatic heterocycles. The third-order valence-corrected chi connectivity index (χ3v) is 4.17. The lowest BCUT2D eigenvalue weighted by molar-refractivity contribution is -0.121. The molecule has 2 heterocycles. The molecule has 1 N–H and O–H groups in total. The van der Waals surface area contributed by atoms with E-state index in [0.29, 0.717) is 16.9 Å². The smallest absolute Gasteiger partial charge is 0.262 e. The van der Waals surface area contributed by atoms with Gasteiger partial charge in [0, 0.05) is 6.20 Å². The number of aryl methyl sites for hydroxylation is 1. The van der Waals surface area contributed by atoms with Gasteiger partial charge in [0.2, 0.25) is 5.91 Å². The normalized spacial score (nSPS) is 14.6. The van der Waals surface area contributed by atoms with Crippen molar-refractivity contribution >= 4 is 23.5 Å². The summed E-state index contributed by atoms with van der Waals surface area (Å²) in [5.74, 6) is -1.15. The average molecular weight is 337 g/mol. The van der Waals surface area contributed by atoms with Gasteiger partial charge >= 0.3 is 0 Å². The number of carbonyl (C=O) groups is 3. The van der Waals surface area contributed by atoms with E-state index in [-0.39, 0.29) is 5.92 Å². The summed E-state index contributed by atoms with van der Waals surface area (Å²) in [5, 5.41) is 2.71. The van der Waals surface area contributed by atoms with Crippen LogP contribution in [0.3, 0.4) is 0 Å². The Morgan fingerprint density at radius 2 is 1.68 bits per heavy atom. The van der Waals surface area contributed by atoms with E-state index in [1.54, 1.807) is 50.4 Å². The van der Waals surface area contributed by atoms with Crippen LogP contribution in [-0.2, 0) is 4.79 Å². The Labute approximate surface area is 145 Å².